The molecule has 1 aromatic carbocycles. The third-order valence-corrected chi connectivity index (χ3v) is 4.71. The van der Waals surface area contributed by atoms with Gasteiger partial charge in [0.2, 0.25) is 0 Å². The minimum absolute atomic E-state index is 0.241. The lowest BCUT2D eigenvalue weighted by atomic mass is 9.90. The van der Waals surface area contributed by atoms with Crippen LogP contribution in [0.25, 0.3) is 5.57 Å². The van der Waals surface area contributed by atoms with E-state index in [2.05, 4.69) is 54.1 Å². The molecule has 0 amide bonds. The zero-order valence-electron chi connectivity index (χ0n) is 14.9. The lowest BCUT2D eigenvalue weighted by Crippen LogP contribution is -2.14. The Bertz CT molecular complexity index is 738. The Morgan fingerprint density at radius 3 is 2.75 bits per heavy atom. The number of allylic oxidation sites excluding steroid dienone is 1. The van der Waals surface area contributed by atoms with E-state index in [1.807, 2.05) is 6.20 Å². The summed E-state index contributed by atoms with van der Waals surface area (Å²) in [6.07, 6.45) is 7.45. The summed E-state index contributed by atoms with van der Waals surface area (Å²) >= 11 is 0. The van der Waals surface area contributed by atoms with Crippen LogP contribution in [0, 0.1) is 0 Å². The van der Waals surface area contributed by atoms with E-state index in [1.165, 1.54) is 22.3 Å². The molecule has 1 unspecified atom stereocenters. The highest BCUT2D eigenvalue weighted by atomic mass is 16.5. The summed E-state index contributed by atoms with van der Waals surface area (Å²) in [7, 11) is 5.97. The molecule has 0 saturated carbocycles. The largest absolute Gasteiger partial charge is 0.497 e. The lowest BCUT2D eigenvalue weighted by molar-refractivity contribution is 0.411. The molecule has 3 rings (SSSR count). The van der Waals surface area contributed by atoms with E-state index in [9.17, 15) is 0 Å². The summed E-state index contributed by atoms with van der Waals surface area (Å²) in [5.41, 5.74) is 6.63. The molecule has 0 spiro atoms. The molecule has 1 atom stereocenters. The summed E-state index contributed by atoms with van der Waals surface area (Å²) in [6, 6.07) is 6.41. The van der Waals surface area contributed by atoms with Crippen molar-refractivity contribution in [1.82, 2.24) is 14.9 Å². The second-order valence-electron chi connectivity index (χ2n) is 6.62. The summed E-state index contributed by atoms with van der Waals surface area (Å²) in [6.45, 7) is 3.28. The van der Waals surface area contributed by atoms with Crippen molar-refractivity contribution in [2.75, 3.05) is 27.7 Å². The van der Waals surface area contributed by atoms with Crippen LogP contribution in [-0.2, 0) is 6.42 Å². The van der Waals surface area contributed by atoms with Crippen molar-refractivity contribution in [2.45, 2.75) is 25.7 Å². The van der Waals surface area contributed by atoms with Gasteiger partial charge in [0.05, 0.1) is 12.8 Å². The molecule has 0 aliphatic heterocycles. The molecule has 2 aromatic rings. The monoisotopic (exact) mass is 323 g/mol. The Labute approximate surface area is 144 Å². The highest BCUT2D eigenvalue weighted by Gasteiger charge is 2.27. The molecule has 1 aromatic heterocycles. The topological polar surface area (TPSA) is 38.2 Å². The van der Waals surface area contributed by atoms with Crippen LogP contribution in [-0.4, -0.2) is 42.6 Å². The van der Waals surface area contributed by atoms with Crippen LogP contribution in [0.15, 0.2) is 42.4 Å². The number of rotatable bonds is 6. The predicted molar refractivity (Wildman–Crippen MR) is 97.2 cm³/mol. The second kappa shape index (κ2) is 7.14. The summed E-state index contributed by atoms with van der Waals surface area (Å²) in [5.74, 6) is 1.17. The van der Waals surface area contributed by atoms with E-state index in [-0.39, 0.29) is 5.92 Å². The van der Waals surface area contributed by atoms with Gasteiger partial charge in [0, 0.05) is 31.1 Å². The van der Waals surface area contributed by atoms with Crippen LogP contribution < -0.4 is 4.74 Å². The average Bonchev–Trinajstić information content (AvgIpc) is 2.97. The number of benzene rings is 1. The molecule has 0 radical (unpaired) electrons. The number of hydrogen-bond acceptors (Lipinski definition) is 4. The molecule has 0 N–H and O–H groups in total. The Kier molecular flexibility index (Phi) is 4.95. The first-order valence-corrected chi connectivity index (χ1v) is 8.40. The van der Waals surface area contributed by atoms with E-state index in [4.69, 9.17) is 4.74 Å². The summed E-state index contributed by atoms with van der Waals surface area (Å²) in [4.78, 5) is 11.0. The minimum Gasteiger partial charge on any atom is -0.497 e. The van der Waals surface area contributed by atoms with Crippen LogP contribution in [0.2, 0.25) is 0 Å². The first kappa shape index (κ1) is 16.7. The van der Waals surface area contributed by atoms with Crippen LogP contribution >= 0.6 is 0 Å². The van der Waals surface area contributed by atoms with E-state index in [1.54, 1.807) is 19.5 Å². The fourth-order valence-electron chi connectivity index (χ4n) is 3.42. The van der Waals surface area contributed by atoms with Gasteiger partial charge in [-0.3, -0.25) is 9.97 Å². The van der Waals surface area contributed by atoms with Gasteiger partial charge in [-0.1, -0.05) is 18.6 Å². The Morgan fingerprint density at radius 2 is 2.08 bits per heavy atom. The van der Waals surface area contributed by atoms with Gasteiger partial charge in [-0.05, 0) is 55.8 Å². The Morgan fingerprint density at radius 1 is 1.25 bits per heavy atom. The fraction of sp³-hybridized carbons (Fsp3) is 0.400. The lowest BCUT2D eigenvalue weighted by Gasteiger charge is -2.18. The fourth-order valence-corrected chi connectivity index (χ4v) is 3.42. The van der Waals surface area contributed by atoms with E-state index < -0.39 is 0 Å². The molecule has 0 fully saturated rings. The molecule has 4 heteroatoms. The van der Waals surface area contributed by atoms with Gasteiger partial charge >= 0.3 is 0 Å². The van der Waals surface area contributed by atoms with Crippen molar-refractivity contribution < 1.29 is 4.74 Å². The van der Waals surface area contributed by atoms with Crippen LogP contribution in [0.5, 0.6) is 5.75 Å². The highest BCUT2D eigenvalue weighted by Crippen LogP contribution is 2.43. The van der Waals surface area contributed by atoms with Crippen molar-refractivity contribution in [3.05, 3.63) is 59.2 Å². The second-order valence-corrected chi connectivity index (χ2v) is 6.62. The molecule has 1 aliphatic carbocycles. The van der Waals surface area contributed by atoms with E-state index in [0.717, 1.165) is 30.8 Å². The molecular formula is C20H25N3O. The van der Waals surface area contributed by atoms with Gasteiger partial charge in [-0.2, -0.15) is 0 Å². The Hall–Kier alpha value is -2.20. The molecular weight excluding hydrogens is 298 g/mol. The van der Waals surface area contributed by atoms with Crippen molar-refractivity contribution in [3.63, 3.8) is 0 Å². The standard InChI is InChI=1S/C20H25N3O/c1-14(19-13-21-8-9-22-19)20-15(7-10-23(2)3)11-16-12-17(24-4)5-6-18(16)20/h5-6,8-9,12-14H,7,10-11H2,1-4H3. The number of ether oxygens (including phenoxy) is 1. The first-order valence-electron chi connectivity index (χ1n) is 8.40. The van der Waals surface area contributed by atoms with Gasteiger partial charge in [0.25, 0.3) is 0 Å². The Balaban J connectivity index is 2.00. The van der Waals surface area contributed by atoms with Crippen LogP contribution in [0.4, 0.5) is 0 Å². The van der Waals surface area contributed by atoms with Crippen molar-refractivity contribution in [1.29, 1.82) is 0 Å². The average molecular weight is 323 g/mol. The molecule has 126 valence electrons. The number of fused-ring (bicyclic) bond motifs is 1. The maximum Gasteiger partial charge on any atom is 0.119 e. The predicted octanol–water partition coefficient (Wildman–Crippen LogP) is 3.55. The number of nitrogens with zero attached hydrogens (tertiary/aromatic N) is 3. The highest BCUT2D eigenvalue weighted by molar-refractivity contribution is 5.80. The van der Waals surface area contributed by atoms with Crippen molar-refractivity contribution in [3.8, 4) is 5.75 Å². The summed E-state index contributed by atoms with van der Waals surface area (Å²) < 4.78 is 5.40. The van der Waals surface area contributed by atoms with Crippen molar-refractivity contribution in [2.24, 2.45) is 0 Å². The molecule has 1 heterocycles. The smallest absolute Gasteiger partial charge is 0.119 e. The number of methoxy groups -OCH3 is 1. The third-order valence-electron chi connectivity index (χ3n) is 4.71. The molecule has 0 bridgehead atoms. The maximum atomic E-state index is 5.40. The van der Waals surface area contributed by atoms with Gasteiger partial charge < -0.3 is 9.64 Å². The van der Waals surface area contributed by atoms with Gasteiger partial charge in [0.15, 0.2) is 0 Å². The third kappa shape index (κ3) is 3.34. The minimum atomic E-state index is 0.241. The van der Waals surface area contributed by atoms with Crippen molar-refractivity contribution >= 4 is 5.57 Å². The SMILES string of the molecule is COc1ccc2c(c1)CC(CCN(C)C)=C2C(C)c1cnccn1. The van der Waals surface area contributed by atoms with Gasteiger partial charge in [-0.15, -0.1) is 0 Å². The van der Waals surface area contributed by atoms with E-state index >= 15 is 0 Å². The molecule has 1 aliphatic rings. The molecule has 24 heavy (non-hydrogen) atoms. The first-order chi connectivity index (χ1) is 11.6. The van der Waals surface area contributed by atoms with E-state index in [0.29, 0.717) is 0 Å². The molecule has 4 nitrogen and oxygen atoms in total. The van der Waals surface area contributed by atoms with Gasteiger partial charge in [0.1, 0.15) is 5.75 Å². The van der Waals surface area contributed by atoms with Crippen LogP contribution in [0.1, 0.15) is 36.1 Å². The zero-order chi connectivity index (χ0) is 17.1. The number of hydrogen-bond donors (Lipinski definition) is 0. The number of aromatic nitrogens is 2. The summed E-state index contributed by atoms with van der Waals surface area (Å²) in [5, 5.41) is 0. The molecule has 0 saturated heterocycles. The van der Waals surface area contributed by atoms with Crippen LogP contribution in [0.3, 0.4) is 0 Å². The maximum absolute atomic E-state index is 5.40. The quantitative estimate of drug-likeness (QED) is 0.815. The zero-order valence-corrected chi connectivity index (χ0v) is 14.9. The normalized spacial score (nSPS) is 14.9. The van der Waals surface area contributed by atoms with Gasteiger partial charge in [-0.25, -0.2) is 0 Å².